The van der Waals surface area contributed by atoms with Gasteiger partial charge in [0.05, 0.1) is 27.1 Å². The van der Waals surface area contributed by atoms with Crippen LogP contribution in [0.3, 0.4) is 0 Å². The summed E-state index contributed by atoms with van der Waals surface area (Å²) in [6.07, 6.45) is 1.41. The second-order valence-corrected chi connectivity index (χ2v) is 9.38. The second kappa shape index (κ2) is 8.42. The zero-order valence-electron chi connectivity index (χ0n) is 16.6. The van der Waals surface area contributed by atoms with Crippen LogP contribution in [0.2, 0.25) is 0 Å². The molecule has 8 nitrogen and oxygen atoms in total. The predicted octanol–water partition coefficient (Wildman–Crippen LogP) is 3.38. The number of thiophene rings is 1. The van der Waals surface area contributed by atoms with E-state index in [9.17, 15) is 18.0 Å². The Hall–Kier alpha value is -2.95. The molecule has 0 fully saturated rings. The normalized spacial score (nSPS) is 12.4. The van der Waals surface area contributed by atoms with E-state index in [-0.39, 0.29) is 16.6 Å². The molecule has 3 rings (SSSR count). The molecular weight excluding hydrogens is 426 g/mol. The fourth-order valence-corrected chi connectivity index (χ4v) is 4.47. The first-order valence-electron chi connectivity index (χ1n) is 8.93. The number of carbonyl (C=O) groups excluding carboxylic acids is 2. The van der Waals surface area contributed by atoms with Gasteiger partial charge >= 0.3 is 0 Å². The standard InChI is InChI=1S/C20H21N3O5S2/c1-12-10-17(22-19(24)16-8-5-9-28-16)29-18(12)20(25)23(3)13(2)14-6-4-7-15(11-14)30(21,26)27/h4-11,13H,1-3H3,(H,22,24)(H2,21,26,27). The van der Waals surface area contributed by atoms with Crippen LogP contribution in [-0.4, -0.2) is 32.2 Å². The summed E-state index contributed by atoms with van der Waals surface area (Å²) >= 11 is 1.16. The summed E-state index contributed by atoms with van der Waals surface area (Å²) in [5.41, 5.74) is 1.36. The molecule has 2 heterocycles. The fraction of sp³-hybridized carbons (Fsp3) is 0.200. The zero-order chi connectivity index (χ0) is 22.1. The molecule has 0 spiro atoms. The first-order valence-corrected chi connectivity index (χ1v) is 11.3. The third kappa shape index (κ3) is 4.61. The third-order valence-corrected chi connectivity index (χ3v) is 6.72. The largest absolute Gasteiger partial charge is 0.459 e. The average molecular weight is 448 g/mol. The van der Waals surface area contributed by atoms with Gasteiger partial charge in [-0.05, 0) is 55.3 Å². The molecule has 3 aromatic rings. The number of nitrogens with zero attached hydrogens (tertiary/aromatic N) is 1. The molecule has 2 aromatic heterocycles. The molecule has 0 radical (unpaired) electrons. The minimum atomic E-state index is -3.84. The molecule has 158 valence electrons. The molecule has 1 atom stereocenters. The molecule has 0 aliphatic rings. The van der Waals surface area contributed by atoms with Crippen LogP contribution < -0.4 is 10.5 Å². The lowest BCUT2D eigenvalue weighted by Crippen LogP contribution is -2.29. The Morgan fingerprint density at radius 2 is 1.93 bits per heavy atom. The minimum absolute atomic E-state index is 0.0112. The van der Waals surface area contributed by atoms with E-state index in [0.29, 0.717) is 15.4 Å². The molecule has 1 unspecified atom stereocenters. The summed E-state index contributed by atoms with van der Waals surface area (Å²) in [4.78, 5) is 27.2. The highest BCUT2D eigenvalue weighted by Crippen LogP contribution is 2.30. The van der Waals surface area contributed by atoms with Crippen molar-refractivity contribution in [1.29, 1.82) is 0 Å². The highest BCUT2D eigenvalue weighted by atomic mass is 32.2. The second-order valence-electron chi connectivity index (χ2n) is 6.76. The van der Waals surface area contributed by atoms with E-state index in [1.165, 1.54) is 23.3 Å². The van der Waals surface area contributed by atoms with Crippen LogP contribution in [0, 0.1) is 6.92 Å². The molecule has 10 heteroatoms. The van der Waals surface area contributed by atoms with Gasteiger partial charge in [-0.2, -0.15) is 0 Å². The van der Waals surface area contributed by atoms with E-state index in [1.807, 2.05) is 0 Å². The van der Waals surface area contributed by atoms with Gasteiger partial charge in [-0.15, -0.1) is 11.3 Å². The van der Waals surface area contributed by atoms with E-state index in [2.05, 4.69) is 5.32 Å². The maximum absolute atomic E-state index is 13.1. The van der Waals surface area contributed by atoms with Gasteiger partial charge in [0.2, 0.25) is 10.0 Å². The minimum Gasteiger partial charge on any atom is -0.459 e. The van der Waals surface area contributed by atoms with Gasteiger partial charge in [-0.25, -0.2) is 13.6 Å². The Morgan fingerprint density at radius 1 is 1.20 bits per heavy atom. The van der Waals surface area contributed by atoms with Crippen molar-refractivity contribution < 1.29 is 22.4 Å². The number of hydrogen-bond donors (Lipinski definition) is 2. The van der Waals surface area contributed by atoms with E-state index in [0.717, 1.165) is 16.9 Å². The number of furan rings is 1. The van der Waals surface area contributed by atoms with Crippen LogP contribution in [-0.2, 0) is 10.0 Å². The summed E-state index contributed by atoms with van der Waals surface area (Å²) < 4.78 is 28.3. The summed E-state index contributed by atoms with van der Waals surface area (Å²) in [7, 11) is -2.20. The fourth-order valence-electron chi connectivity index (χ4n) is 2.85. The number of nitrogens with one attached hydrogen (secondary N) is 1. The molecule has 1 aromatic carbocycles. The number of benzene rings is 1. The van der Waals surface area contributed by atoms with E-state index < -0.39 is 22.0 Å². The Balaban J connectivity index is 1.79. The Bertz CT molecular complexity index is 1180. The maximum Gasteiger partial charge on any atom is 0.291 e. The van der Waals surface area contributed by atoms with E-state index >= 15 is 0 Å². The molecule has 3 N–H and O–H groups in total. The predicted molar refractivity (Wildman–Crippen MR) is 114 cm³/mol. The first-order chi connectivity index (χ1) is 14.1. The summed E-state index contributed by atoms with van der Waals surface area (Å²) in [6, 6.07) is 10.7. The van der Waals surface area contributed by atoms with Crippen LogP contribution in [0.4, 0.5) is 5.00 Å². The van der Waals surface area contributed by atoms with Crippen LogP contribution in [0.5, 0.6) is 0 Å². The van der Waals surface area contributed by atoms with Crippen molar-refractivity contribution in [2.75, 3.05) is 12.4 Å². The molecule has 0 aliphatic heterocycles. The Kier molecular flexibility index (Phi) is 6.11. The maximum atomic E-state index is 13.1. The quantitative estimate of drug-likeness (QED) is 0.600. The van der Waals surface area contributed by atoms with Crippen molar-refractivity contribution in [1.82, 2.24) is 4.90 Å². The molecule has 0 aliphatic carbocycles. The topological polar surface area (TPSA) is 123 Å². The smallest absolute Gasteiger partial charge is 0.291 e. The average Bonchev–Trinajstić information content (AvgIpc) is 3.35. The zero-order valence-corrected chi connectivity index (χ0v) is 18.2. The molecular formula is C20H21N3O5S2. The summed E-state index contributed by atoms with van der Waals surface area (Å²) in [5, 5.41) is 8.44. The summed E-state index contributed by atoms with van der Waals surface area (Å²) in [5.74, 6) is -0.472. The van der Waals surface area contributed by atoms with Gasteiger partial charge < -0.3 is 14.6 Å². The van der Waals surface area contributed by atoms with Gasteiger partial charge in [0, 0.05) is 7.05 Å². The lowest BCUT2D eigenvalue weighted by Gasteiger charge is -2.25. The van der Waals surface area contributed by atoms with Crippen molar-refractivity contribution >= 4 is 38.2 Å². The SMILES string of the molecule is Cc1cc(NC(=O)c2ccco2)sc1C(=O)N(C)C(C)c1cccc(S(N)(=O)=O)c1. The van der Waals surface area contributed by atoms with Crippen LogP contribution in [0.1, 0.15) is 44.3 Å². The first kappa shape index (κ1) is 21.8. The van der Waals surface area contributed by atoms with Crippen LogP contribution >= 0.6 is 11.3 Å². The number of hydrogen-bond acceptors (Lipinski definition) is 6. The van der Waals surface area contributed by atoms with E-state index in [4.69, 9.17) is 9.56 Å². The van der Waals surface area contributed by atoms with Gasteiger partial charge in [0.25, 0.3) is 11.8 Å². The highest BCUT2D eigenvalue weighted by Gasteiger charge is 2.24. The number of sulfonamides is 1. The number of carbonyl (C=O) groups is 2. The summed E-state index contributed by atoms with van der Waals surface area (Å²) in [6.45, 7) is 3.58. The lowest BCUT2D eigenvalue weighted by atomic mass is 10.1. The molecule has 30 heavy (non-hydrogen) atoms. The number of aryl methyl sites for hydroxylation is 1. The highest BCUT2D eigenvalue weighted by molar-refractivity contribution is 7.89. The number of rotatable bonds is 6. The monoisotopic (exact) mass is 447 g/mol. The molecule has 2 amide bonds. The van der Waals surface area contributed by atoms with Crippen molar-refractivity contribution in [3.8, 4) is 0 Å². The lowest BCUT2D eigenvalue weighted by molar-refractivity contribution is 0.0746. The molecule has 0 bridgehead atoms. The Morgan fingerprint density at radius 3 is 2.57 bits per heavy atom. The van der Waals surface area contributed by atoms with Crippen molar-refractivity contribution in [3.05, 3.63) is 70.5 Å². The number of anilines is 1. The van der Waals surface area contributed by atoms with Gasteiger partial charge in [0.1, 0.15) is 0 Å². The molecule has 0 saturated heterocycles. The van der Waals surface area contributed by atoms with Crippen molar-refractivity contribution in [2.45, 2.75) is 24.8 Å². The number of nitrogens with two attached hydrogens (primary N) is 1. The van der Waals surface area contributed by atoms with Crippen molar-refractivity contribution in [3.63, 3.8) is 0 Å². The molecule has 0 saturated carbocycles. The van der Waals surface area contributed by atoms with Crippen molar-refractivity contribution in [2.24, 2.45) is 5.14 Å². The van der Waals surface area contributed by atoms with Crippen LogP contribution in [0.15, 0.2) is 58.0 Å². The number of amides is 2. The Labute approximate surface area is 178 Å². The number of primary sulfonamides is 1. The third-order valence-electron chi connectivity index (χ3n) is 4.66. The van der Waals surface area contributed by atoms with Gasteiger partial charge in [-0.1, -0.05) is 12.1 Å². The van der Waals surface area contributed by atoms with Gasteiger partial charge in [0.15, 0.2) is 5.76 Å². The van der Waals surface area contributed by atoms with E-state index in [1.54, 1.807) is 51.2 Å². The van der Waals surface area contributed by atoms with Gasteiger partial charge in [-0.3, -0.25) is 9.59 Å². The van der Waals surface area contributed by atoms with Crippen LogP contribution in [0.25, 0.3) is 0 Å².